The summed E-state index contributed by atoms with van der Waals surface area (Å²) in [4.78, 5) is 31.1. The Labute approximate surface area is 245 Å². The van der Waals surface area contributed by atoms with E-state index in [9.17, 15) is 9.59 Å². The van der Waals surface area contributed by atoms with Crippen LogP contribution in [-0.4, -0.2) is 40.6 Å². The molecule has 1 unspecified atom stereocenters. The summed E-state index contributed by atoms with van der Waals surface area (Å²) in [5.41, 5.74) is 13.4. The smallest absolute Gasteiger partial charge is 0.332 e. The molecule has 7 nitrogen and oxygen atoms in total. The lowest BCUT2D eigenvalue weighted by Crippen LogP contribution is -2.41. The molecule has 3 aliphatic rings. The lowest BCUT2D eigenvalue weighted by molar-refractivity contribution is -0.133. The van der Waals surface area contributed by atoms with Gasteiger partial charge >= 0.3 is 6.03 Å². The molecule has 2 aliphatic carbocycles. The molecule has 3 amide bonds. The second kappa shape index (κ2) is 12.0. The zero-order chi connectivity index (χ0) is 26.8. The SMILES string of the molecule is NC(=O)NN=C1CCC(CC(=O)N2CCC(C3c4ncc(Br)cc4CCc4cc(Cl)cc(Br)c43)CC2)CC1. The fraction of sp³-hybridized carbons (Fsp3) is 0.500. The first-order valence-corrected chi connectivity index (χ1v) is 15.3. The molecular weight excluding hydrogens is 634 g/mol. The molecule has 5 rings (SSSR count). The minimum atomic E-state index is -0.645. The molecule has 1 aromatic heterocycles. The fourth-order valence-electron chi connectivity index (χ4n) is 6.35. The Morgan fingerprint density at radius 3 is 2.47 bits per heavy atom. The van der Waals surface area contributed by atoms with E-state index in [1.165, 1.54) is 16.7 Å². The monoisotopic (exact) mass is 663 g/mol. The summed E-state index contributed by atoms with van der Waals surface area (Å²) in [6.07, 6.45) is 9.65. The van der Waals surface area contributed by atoms with Crippen molar-refractivity contribution in [3.05, 3.63) is 60.7 Å². The van der Waals surface area contributed by atoms with Gasteiger partial charge in [-0.2, -0.15) is 5.10 Å². The topological polar surface area (TPSA) is 101 Å². The van der Waals surface area contributed by atoms with Gasteiger partial charge in [0, 0.05) is 51.3 Å². The largest absolute Gasteiger partial charge is 0.350 e. The molecule has 0 bridgehead atoms. The van der Waals surface area contributed by atoms with Gasteiger partial charge in [0.25, 0.3) is 0 Å². The molecule has 0 radical (unpaired) electrons. The molecule has 38 heavy (non-hydrogen) atoms. The van der Waals surface area contributed by atoms with Crippen molar-refractivity contribution in [3.63, 3.8) is 0 Å². The van der Waals surface area contributed by atoms with Gasteiger partial charge in [0.15, 0.2) is 0 Å². The number of hydrogen-bond acceptors (Lipinski definition) is 4. The van der Waals surface area contributed by atoms with Crippen LogP contribution in [0.3, 0.4) is 0 Å². The Morgan fingerprint density at radius 1 is 1.05 bits per heavy atom. The van der Waals surface area contributed by atoms with Crippen molar-refractivity contribution >= 4 is 61.1 Å². The molecule has 2 heterocycles. The molecule has 2 aromatic rings. The van der Waals surface area contributed by atoms with Crippen LogP contribution in [0.2, 0.25) is 5.02 Å². The molecule has 10 heteroatoms. The lowest BCUT2D eigenvalue weighted by atomic mass is 9.76. The summed E-state index contributed by atoms with van der Waals surface area (Å²) >= 11 is 13.9. The van der Waals surface area contributed by atoms with Crippen LogP contribution in [0, 0.1) is 11.8 Å². The Hall–Kier alpha value is -1.97. The zero-order valence-corrected chi connectivity index (χ0v) is 25.1. The third-order valence-electron chi connectivity index (χ3n) is 8.25. The van der Waals surface area contributed by atoms with E-state index in [1.54, 1.807) is 0 Å². The van der Waals surface area contributed by atoms with E-state index in [-0.39, 0.29) is 11.8 Å². The van der Waals surface area contributed by atoms with Crippen molar-refractivity contribution in [3.8, 4) is 0 Å². The van der Waals surface area contributed by atoms with Crippen molar-refractivity contribution in [2.24, 2.45) is 22.7 Å². The number of aromatic nitrogens is 1. The quantitative estimate of drug-likeness (QED) is 0.373. The van der Waals surface area contributed by atoms with Gasteiger partial charge in [-0.25, -0.2) is 10.2 Å². The van der Waals surface area contributed by atoms with Crippen LogP contribution in [0.4, 0.5) is 4.79 Å². The van der Waals surface area contributed by atoms with Crippen LogP contribution in [0.15, 0.2) is 38.4 Å². The second-order valence-corrected chi connectivity index (χ2v) is 12.9. The number of hydrazone groups is 1. The van der Waals surface area contributed by atoms with Crippen molar-refractivity contribution in [1.82, 2.24) is 15.3 Å². The Morgan fingerprint density at radius 2 is 1.76 bits per heavy atom. The highest BCUT2D eigenvalue weighted by atomic mass is 79.9. The number of rotatable bonds is 4. The van der Waals surface area contributed by atoms with E-state index in [4.69, 9.17) is 22.3 Å². The number of nitrogens with two attached hydrogens (primary N) is 1. The van der Waals surface area contributed by atoms with Gasteiger partial charge < -0.3 is 10.6 Å². The maximum atomic E-state index is 13.2. The van der Waals surface area contributed by atoms with E-state index >= 15 is 0 Å². The molecule has 1 aliphatic heterocycles. The maximum absolute atomic E-state index is 13.2. The Kier molecular flexibility index (Phi) is 8.75. The molecule has 1 saturated carbocycles. The Bertz CT molecular complexity index is 1250. The average Bonchev–Trinajstić information content (AvgIpc) is 3.05. The fourth-order valence-corrected chi connectivity index (χ4v) is 7.85. The summed E-state index contributed by atoms with van der Waals surface area (Å²) in [6.45, 7) is 1.54. The number of urea groups is 1. The number of carbonyl (C=O) groups is 2. The van der Waals surface area contributed by atoms with Crippen LogP contribution < -0.4 is 11.2 Å². The first-order chi connectivity index (χ1) is 18.3. The molecule has 1 saturated heterocycles. The molecule has 1 atom stereocenters. The van der Waals surface area contributed by atoms with Crippen molar-refractivity contribution in [2.45, 2.75) is 63.7 Å². The second-order valence-electron chi connectivity index (χ2n) is 10.7. The van der Waals surface area contributed by atoms with Gasteiger partial charge in [-0.3, -0.25) is 9.78 Å². The highest BCUT2D eigenvalue weighted by Gasteiger charge is 2.36. The zero-order valence-electron chi connectivity index (χ0n) is 21.2. The highest BCUT2D eigenvalue weighted by Crippen LogP contribution is 2.46. The number of nitrogens with one attached hydrogen (secondary N) is 1. The van der Waals surface area contributed by atoms with Gasteiger partial charge in [-0.05, 0) is 114 Å². The van der Waals surface area contributed by atoms with E-state index in [0.717, 1.165) is 89.8 Å². The number of amides is 3. The molecular formula is C28H32Br2ClN5O2. The third-order valence-corrected chi connectivity index (χ3v) is 9.56. The number of likely N-dealkylation sites (tertiary alicyclic amines) is 1. The van der Waals surface area contributed by atoms with Crippen LogP contribution >= 0.6 is 43.5 Å². The van der Waals surface area contributed by atoms with Crippen LogP contribution in [-0.2, 0) is 17.6 Å². The van der Waals surface area contributed by atoms with Crippen molar-refractivity contribution < 1.29 is 9.59 Å². The van der Waals surface area contributed by atoms with Crippen LogP contribution in [0.5, 0.6) is 0 Å². The van der Waals surface area contributed by atoms with E-state index in [2.05, 4.69) is 59.4 Å². The van der Waals surface area contributed by atoms with Crippen molar-refractivity contribution in [2.75, 3.05) is 13.1 Å². The minimum Gasteiger partial charge on any atom is -0.350 e. The van der Waals surface area contributed by atoms with Gasteiger partial charge in [-0.1, -0.05) is 27.5 Å². The summed E-state index contributed by atoms with van der Waals surface area (Å²) in [7, 11) is 0. The molecule has 1 aromatic carbocycles. The summed E-state index contributed by atoms with van der Waals surface area (Å²) in [5, 5.41) is 4.82. The molecule has 2 fully saturated rings. The number of hydrogen-bond donors (Lipinski definition) is 2. The standard InChI is InChI=1S/C28H32Br2ClN5O2/c29-20-12-19-4-3-18-13-21(31)14-23(30)25(18)26(27(19)33-15-20)17-7-9-36(10-8-17)24(37)11-16-1-5-22(6-2-16)34-35-28(32)38/h12-17,26H,1-11H2,(H3,32,35,38). The predicted octanol–water partition coefficient (Wildman–Crippen LogP) is 6.33. The number of pyridine rings is 1. The number of nitrogens with zero attached hydrogens (tertiary/aromatic N) is 3. The van der Waals surface area contributed by atoms with Crippen LogP contribution in [0.25, 0.3) is 0 Å². The molecule has 0 spiro atoms. The van der Waals surface area contributed by atoms with E-state index < -0.39 is 6.03 Å². The van der Waals surface area contributed by atoms with Crippen LogP contribution in [0.1, 0.15) is 73.2 Å². The summed E-state index contributed by atoms with van der Waals surface area (Å²) < 4.78 is 2.05. The van der Waals surface area contributed by atoms with Gasteiger partial charge in [0.1, 0.15) is 0 Å². The van der Waals surface area contributed by atoms with Gasteiger partial charge in [0.05, 0.1) is 5.69 Å². The lowest BCUT2D eigenvalue weighted by Gasteiger charge is -2.37. The molecule has 3 N–H and O–H groups in total. The Balaban J connectivity index is 1.26. The van der Waals surface area contributed by atoms with Crippen molar-refractivity contribution in [1.29, 1.82) is 0 Å². The number of benzene rings is 1. The van der Waals surface area contributed by atoms with Gasteiger partial charge in [-0.15, -0.1) is 0 Å². The maximum Gasteiger partial charge on any atom is 0.332 e. The van der Waals surface area contributed by atoms with E-state index in [0.29, 0.717) is 18.3 Å². The number of primary amides is 1. The predicted molar refractivity (Wildman–Crippen MR) is 156 cm³/mol. The normalized spacial score (nSPS) is 21.8. The van der Waals surface area contributed by atoms with Gasteiger partial charge in [0.2, 0.25) is 5.91 Å². The summed E-state index contributed by atoms with van der Waals surface area (Å²) in [6, 6.07) is 5.67. The minimum absolute atomic E-state index is 0.171. The highest BCUT2D eigenvalue weighted by molar-refractivity contribution is 9.10. The number of carbonyl (C=O) groups excluding carboxylic acids is 2. The van der Waals surface area contributed by atoms with E-state index in [1.807, 2.05) is 12.3 Å². The average molecular weight is 666 g/mol. The third kappa shape index (κ3) is 6.26. The number of fused-ring (bicyclic) bond motifs is 2. The number of aryl methyl sites for hydroxylation is 2. The number of piperidine rings is 1. The molecule has 202 valence electrons. The first kappa shape index (κ1) is 27.6. The number of halogens is 3. The summed E-state index contributed by atoms with van der Waals surface area (Å²) in [5.74, 6) is 1.18. The first-order valence-electron chi connectivity index (χ1n) is 13.3.